The number of hydrogen-bond acceptors (Lipinski definition) is 4. The molecule has 2 N–H and O–H groups in total. The molecule has 2 saturated carbocycles. The summed E-state index contributed by atoms with van der Waals surface area (Å²) in [6, 6.07) is 19.7. The highest BCUT2D eigenvalue weighted by Crippen LogP contribution is 2.47. The lowest BCUT2D eigenvalue weighted by Crippen LogP contribution is -2.51. The first-order chi connectivity index (χ1) is 15.6. The fourth-order valence-corrected chi connectivity index (χ4v) is 5.99. The Bertz CT molecular complexity index is 999. The lowest BCUT2D eigenvalue weighted by Gasteiger charge is -2.38. The maximum atomic E-state index is 13.5. The number of nitriles is 1. The minimum Gasteiger partial charge on any atom is -0.375 e. The number of rotatable bonds is 6. The lowest BCUT2D eigenvalue weighted by molar-refractivity contribution is -0.149. The molecule has 5 nitrogen and oxygen atoms in total. The summed E-state index contributed by atoms with van der Waals surface area (Å²) in [5.74, 6) is 0.603. The van der Waals surface area contributed by atoms with E-state index in [-0.39, 0.29) is 17.9 Å². The van der Waals surface area contributed by atoms with Gasteiger partial charge in [-0.2, -0.15) is 5.26 Å². The zero-order valence-electron chi connectivity index (χ0n) is 18.4. The number of amides is 1. The van der Waals surface area contributed by atoms with Crippen molar-refractivity contribution in [2.75, 3.05) is 13.1 Å². The Morgan fingerprint density at radius 2 is 1.69 bits per heavy atom. The molecule has 1 saturated heterocycles. The second-order valence-electron chi connectivity index (χ2n) is 9.76. The number of nitrogens with one attached hydrogen (secondary N) is 1. The summed E-state index contributed by atoms with van der Waals surface area (Å²) in [5.41, 5.74) is 1.06. The molecule has 5 heteroatoms. The quantitative estimate of drug-likeness (QED) is 0.736. The van der Waals surface area contributed by atoms with Crippen molar-refractivity contribution < 1.29 is 9.90 Å². The molecule has 2 aromatic carbocycles. The van der Waals surface area contributed by atoms with E-state index >= 15 is 0 Å². The SMILES string of the molecule is N#Cc1ccccc1CN1CC2[C@H](C1)[C@H]2NC(=O)C(O)(c1ccccc1)C1CCCCC1. The summed E-state index contributed by atoms with van der Waals surface area (Å²) in [5, 5.41) is 24.3. The van der Waals surface area contributed by atoms with E-state index in [0.29, 0.717) is 17.4 Å². The van der Waals surface area contributed by atoms with Gasteiger partial charge in [-0.25, -0.2) is 0 Å². The van der Waals surface area contributed by atoms with Crippen LogP contribution in [0.15, 0.2) is 54.6 Å². The fourth-order valence-electron chi connectivity index (χ4n) is 5.99. The number of likely N-dealkylation sites (tertiary alicyclic amines) is 1. The summed E-state index contributed by atoms with van der Waals surface area (Å²) in [7, 11) is 0. The number of nitrogens with zero attached hydrogens (tertiary/aromatic N) is 2. The number of carbonyl (C=O) groups is 1. The molecule has 4 atom stereocenters. The second-order valence-corrected chi connectivity index (χ2v) is 9.76. The van der Waals surface area contributed by atoms with Crippen LogP contribution in [0.1, 0.15) is 48.8 Å². The Balaban J connectivity index is 1.24. The first-order valence-electron chi connectivity index (χ1n) is 11.9. The standard InChI is InChI=1S/C27H31N3O2/c28-15-19-9-7-8-10-20(19)16-30-17-23-24(18-30)25(23)29-26(31)27(32,21-11-3-1-4-12-21)22-13-5-2-6-14-22/h1,3-4,7-12,22-25,32H,2,5-6,13-14,16-18H2,(H,29,31)/t23-,24?,25+,27?/m0/s1. The van der Waals surface area contributed by atoms with E-state index in [1.54, 1.807) is 0 Å². The molecule has 0 spiro atoms. The molecular formula is C27H31N3O2. The highest BCUT2D eigenvalue weighted by Gasteiger charge is 2.58. The van der Waals surface area contributed by atoms with Crippen molar-refractivity contribution in [3.63, 3.8) is 0 Å². The van der Waals surface area contributed by atoms with Crippen LogP contribution < -0.4 is 5.32 Å². The van der Waals surface area contributed by atoms with Gasteiger partial charge in [-0.3, -0.25) is 9.69 Å². The Hall–Kier alpha value is -2.68. The summed E-state index contributed by atoms with van der Waals surface area (Å²) < 4.78 is 0. The molecule has 0 bridgehead atoms. The van der Waals surface area contributed by atoms with Gasteiger partial charge in [0.2, 0.25) is 0 Å². The van der Waals surface area contributed by atoms with Crippen LogP contribution in [0.5, 0.6) is 0 Å². The molecule has 3 aliphatic rings. The number of aliphatic hydroxyl groups is 1. The maximum absolute atomic E-state index is 13.5. The van der Waals surface area contributed by atoms with Gasteiger partial charge >= 0.3 is 0 Å². The highest BCUT2D eigenvalue weighted by molar-refractivity contribution is 5.87. The second kappa shape index (κ2) is 8.69. The van der Waals surface area contributed by atoms with Crippen molar-refractivity contribution >= 4 is 5.91 Å². The van der Waals surface area contributed by atoms with Crippen molar-refractivity contribution in [2.45, 2.75) is 50.3 Å². The zero-order chi connectivity index (χ0) is 22.1. The summed E-state index contributed by atoms with van der Waals surface area (Å²) in [4.78, 5) is 15.9. The van der Waals surface area contributed by atoms with E-state index in [2.05, 4.69) is 16.3 Å². The normalized spacial score (nSPS) is 27.2. The van der Waals surface area contributed by atoms with E-state index in [4.69, 9.17) is 0 Å². The third-order valence-electron chi connectivity index (χ3n) is 7.86. The van der Waals surface area contributed by atoms with E-state index in [9.17, 15) is 15.2 Å². The largest absolute Gasteiger partial charge is 0.375 e. The predicted octanol–water partition coefficient (Wildman–Crippen LogP) is 3.57. The summed E-state index contributed by atoms with van der Waals surface area (Å²) in [6.07, 6.45) is 5.10. The number of hydrogen-bond donors (Lipinski definition) is 2. The molecule has 5 rings (SSSR count). The van der Waals surface area contributed by atoms with Gasteiger partial charge in [0, 0.05) is 31.6 Å². The molecule has 2 aliphatic carbocycles. The average Bonchev–Trinajstić information content (AvgIpc) is 3.28. The van der Waals surface area contributed by atoms with Gasteiger partial charge in [-0.1, -0.05) is 67.8 Å². The van der Waals surface area contributed by atoms with Crippen LogP contribution >= 0.6 is 0 Å². The van der Waals surface area contributed by atoms with Gasteiger partial charge < -0.3 is 10.4 Å². The van der Waals surface area contributed by atoms with Crippen molar-refractivity contribution in [1.29, 1.82) is 5.26 Å². The van der Waals surface area contributed by atoms with Crippen LogP contribution in [0.2, 0.25) is 0 Å². The minimum atomic E-state index is -1.45. The Morgan fingerprint density at radius 1 is 1.03 bits per heavy atom. The topological polar surface area (TPSA) is 76.4 Å². The lowest BCUT2D eigenvalue weighted by atomic mass is 9.73. The Labute approximate surface area is 190 Å². The van der Waals surface area contributed by atoms with Crippen LogP contribution in [0.25, 0.3) is 0 Å². The molecule has 1 aliphatic heterocycles. The van der Waals surface area contributed by atoms with Gasteiger partial charge in [0.1, 0.15) is 0 Å². The van der Waals surface area contributed by atoms with Crippen molar-refractivity contribution in [3.8, 4) is 6.07 Å². The zero-order valence-corrected chi connectivity index (χ0v) is 18.4. The molecule has 2 aromatic rings. The molecule has 2 unspecified atom stereocenters. The van der Waals surface area contributed by atoms with E-state index in [0.717, 1.165) is 56.4 Å². The number of benzene rings is 2. The van der Waals surface area contributed by atoms with Crippen LogP contribution in [-0.2, 0) is 16.9 Å². The number of fused-ring (bicyclic) bond motifs is 1. The molecular weight excluding hydrogens is 398 g/mol. The van der Waals surface area contributed by atoms with E-state index < -0.39 is 5.60 Å². The third-order valence-corrected chi connectivity index (χ3v) is 7.86. The molecule has 0 radical (unpaired) electrons. The van der Waals surface area contributed by atoms with Crippen LogP contribution in [0.3, 0.4) is 0 Å². The Morgan fingerprint density at radius 3 is 2.38 bits per heavy atom. The Kier molecular flexibility index (Phi) is 5.75. The summed E-state index contributed by atoms with van der Waals surface area (Å²) >= 11 is 0. The molecule has 32 heavy (non-hydrogen) atoms. The van der Waals surface area contributed by atoms with Crippen molar-refractivity contribution in [3.05, 3.63) is 71.3 Å². The van der Waals surface area contributed by atoms with Gasteiger partial charge in [0.05, 0.1) is 11.6 Å². The smallest absolute Gasteiger partial charge is 0.257 e. The van der Waals surface area contributed by atoms with Gasteiger partial charge in [0.15, 0.2) is 5.60 Å². The molecule has 3 fully saturated rings. The van der Waals surface area contributed by atoms with E-state index in [1.165, 1.54) is 6.42 Å². The van der Waals surface area contributed by atoms with Gasteiger partial charge in [0.25, 0.3) is 5.91 Å². The molecule has 1 amide bonds. The third kappa shape index (κ3) is 3.83. The van der Waals surface area contributed by atoms with Crippen LogP contribution in [0, 0.1) is 29.1 Å². The number of carbonyl (C=O) groups excluding carboxylic acids is 1. The first kappa shape index (κ1) is 21.2. The first-order valence-corrected chi connectivity index (χ1v) is 11.9. The molecule has 0 aromatic heterocycles. The van der Waals surface area contributed by atoms with E-state index in [1.807, 2.05) is 54.6 Å². The minimum absolute atomic E-state index is 0.0313. The van der Waals surface area contributed by atoms with Crippen molar-refractivity contribution in [2.24, 2.45) is 17.8 Å². The fraction of sp³-hybridized carbons (Fsp3) is 0.481. The van der Waals surface area contributed by atoms with Crippen molar-refractivity contribution in [1.82, 2.24) is 10.2 Å². The van der Waals surface area contributed by atoms with Gasteiger partial charge in [-0.15, -0.1) is 0 Å². The average molecular weight is 430 g/mol. The highest BCUT2D eigenvalue weighted by atomic mass is 16.3. The maximum Gasteiger partial charge on any atom is 0.257 e. The molecule has 166 valence electrons. The van der Waals surface area contributed by atoms with Gasteiger partial charge in [-0.05, 0) is 41.9 Å². The number of piperidine rings is 1. The monoisotopic (exact) mass is 429 g/mol. The predicted molar refractivity (Wildman–Crippen MR) is 122 cm³/mol. The van der Waals surface area contributed by atoms with Crippen LogP contribution in [0.4, 0.5) is 0 Å². The summed E-state index contributed by atoms with van der Waals surface area (Å²) in [6.45, 7) is 2.61. The van der Waals surface area contributed by atoms with Crippen LogP contribution in [-0.4, -0.2) is 35.0 Å². The molecule has 1 heterocycles.